The van der Waals surface area contributed by atoms with Crippen LogP contribution in [0.4, 0.5) is 0 Å². The maximum atomic E-state index is 12.1. The molecule has 0 spiro atoms. The fraction of sp³-hybridized carbons (Fsp3) is 0.545. The normalized spacial score (nSPS) is 23.0. The van der Waals surface area contributed by atoms with Crippen molar-refractivity contribution in [1.29, 1.82) is 0 Å². The van der Waals surface area contributed by atoms with E-state index in [2.05, 4.69) is 23.4 Å². The molecular weight excluding hydrogens is 240 g/mol. The van der Waals surface area contributed by atoms with Gasteiger partial charge in [0, 0.05) is 29.1 Å². The number of carbonyl (C=O) groups excluding carboxylic acids is 1. The Morgan fingerprint density at radius 2 is 2.19 bits per heavy atom. The molecular formula is C11H12N2OS2. The highest BCUT2D eigenvalue weighted by atomic mass is 32.2. The molecule has 5 heteroatoms. The van der Waals surface area contributed by atoms with Crippen molar-refractivity contribution >= 4 is 34.0 Å². The van der Waals surface area contributed by atoms with Gasteiger partial charge in [-0.2, -0.15) is 0 Å². The Hall–Kier alpha value is -0.680. The molecule has 3 nitrogen and oxygen atoms in total. The number of carbonyl (C=O) groups is 1. The first-order valence-corrected chi connectivity index (χ1v) is 7.08. The van der Waals surface area contributed by atoms with Crippen LogP contribution in [-0.2, 0) is 11.2 Å². The summed E-state index contributed by atoms with van der Waals surface area (Å²) < 4.78 is 4.02. The van der Waals surface area contributed by atoms with Gasteiger partial charge in [0.1, 0.15) is 0 Å². The van der Waals surface area contributed by atoms with E-state index < -0.39 is 0 Å². The number of rotatable bonds is 0. The van der Waals surface area contributed by atoms with Crippen LogP contribution in [0.1, 0.15) is 30.8 Å². The molecule has 0 N–H and O–H groups in total. The smallest absolute Gasteiger partial charge is 0.161 e. The number of allylic oxidation sites excluding steroid dienone is 1. The molecule has 2 aliphatic rings. The minimum atomic E-state index is -0.0808. The molecule has 0 amide bonds. The topological polar surface area (TPSA) is 42.9 Å². The molecule has 0 saturated carbocycles. The lowest BCUT2D eigenvalue weighted by molar-refractivity contribution is -0.116. The molecule has 0 unspecified atom stereocenters. The number of nitrogens with zero attached hydrogens (tertiary/aromatic N) is 2. The van der Waals surface area contributed by atoms with Crippen LogP contribution in [0.25, 0.3) is 4.91 Å². The van der Waals surface area contributed by atoms with Crippen LogP contribution >= 0.6 is 23.3 Å². The maximum absolute atomic E-state index is 12.1. The Balaban J connectivity index is 2.26. The summed E-state index contributed by atoms with van der Waals surface area (Å²) in [4.78, 5) is 14.4. The van der Waals surface area contributed by atoms with Crippen molar-refractivity contribution in [3.63, 3.8) is 0 Å². The molecule has 16 heavy (non-hydrogen) atoms. The molecule has 0 atom stereocenters. The Bertz CT molecular complexity index is 502. The first-order valence-electron chi connectivity index (χ1n) is 5.32. The number of hydrogen-bond donors (Lipinski definition) is 0. The zero-order valence-electron chi connectivity index (χ0n) is 9.24. The van der Waals surface area contributed by atoms with E-state index in [1.54, 1.807) is 11.8 Å². The van der Waals surface area contributed by atoms with Crippen LogP contribution in [0.5, 0.6) is 0 Å². The van der Waals surface area contributed by atoms with E-state index in [1.807, 2.05) is 0 Å². The van der Waals surface area contributed by atoms with E-state index in [9.17, 15) is 4.79 Å². The number of fused-ring (bicyclic) bond motifs is 2. The van der Waals surface area contributed by atoms with Gasteiger partial charge in [-0.25, -0.2) is 0 Å². The predicted octanol–water partition coefficient (Wildman–Crippen LogP) is 2.54. The van der Waals surface area contributed by atoms with Gasteiger partial charge in [-0.3, -0.25) is 4.79 Å². The summed E-state index contributed by atoms with van der Waals surface area (Å²) in [7, 11) is 0. The molecule has 1 aromatic heterocycles. The zero-order chi connectivity index (χ0) is 11.3. The van der Waals surface area contributed by atoms with Gasteiger partial charge in [-0.05, 0) is 16.9 Å². The summed E-state index contributed by atoms with van der Waals surface area (Å²) in [5.41, 5.74) is 2.00. The first-order chi connectivity index (χ1) is 7.59. The van der Waals surface area contributed by atoms with E-state index in [0.717, 1.165) is 33.2 Å². The molecule has 3 rings (SSSR count). The van der Waals surface area contributed by atoms with Crippen LogP contribution in [0.2, 0.25) is 0 Å². The zero-order valence-corrected chi connectivity index (χ0v) is 10.9. The molecule has 1 aliphatic heterocycles. The fourth-order valence-electron chi connectivity index (χ4n) is 2.44. The van der Waals surface area contributed by atoms with Gasteiger partial charge in [0.2, 0.25) is 0 Å². The highest BCUT2D eigenvalue weighted by Gasteiger charge is 2.40. The third-order valence-electron chi connectivity index (χ3n) is 3.13. The van der Waals surface area contributed by atoms with Crippen molar-refractivity contribution in [3.8, 4) is 0 Å². The Morgan fingerprint density at radius 1 is 1.38 bits per heavy atom. The van der Waals surface area contributed by atoms with Crippen LogP contribution < -0.4 is 0 Å². The lowest BCUT2D eigenvalue weighted by atomic mass is 9.74. The molecule has 84 valence electrons. The highest BCUT2D eigenvalue weighted by Crippen LogP contribution is 2.50. The molecule has 0 saturated heterocycles. The Kier molecular flexibility index (Phi) is 2.23. The summed E-state index contributed by atoms with van der Waals surface area (Å²) in [5.74, 6) is 1.21. The Morgan fingerprint density at radius 3 is 3.00 bits per heavy atom. The van der Waals surface area contributed by atoms with Crippen molar-refractivity contribution in [2.45, 2.75) is 26.7 Å². The summed E-state index contributed by atoms with van der Waals surface area (Å²) in [6.45, 7) is 4.27. The molecule has 0 bridgehead atoms. The lowest BCUT2D eigenvalue weighted by Crippen LogP contribution is -2.30. The van der Waals surface area contributed by atoms with Crippen molar-refractivity contribution in [2.75, 3.05) is 5.75 Å². The molecule has 0 fully saturated rings. The predicted molar refractivity (Wildman–Crippen MR) is 66.4 cm³/mol. The molecule has 1 aromatic rings. The average Bonchev–Trinajstić information content (AvgIpc) is 2.64. The molecule has 0 radical (unpaired) electrons. The largest absolute Gasteiger partial charge is 0.294 e. The Labute approximate surface area is 102 Å². The summed E-state index contributed by atoms with van der Waals surface area (Å²) >= 11 is 3.21. The second-order valence-electron chi connectivity index (χ2n) is 4.84. The maximum Gasteiger partial charge on any atom is 0.161 e. The minimum absolute atomic E-state index is 0.0808. The number of thioether (sulfide) groups is 1. The molecule has 2 heterocycles. The average molecular weight is 252 g/mol. The lowest BCUT2D eigenvalue weighted by Gasteiger charge is -2.34. The van der Waals surface area contributed by atoms with E-state index in [4.69, 9.17) is 0 Å². The fourth-order valence-corrected chi connectivity index (χ4v) is 4.63. The van der Waals surface area contributed by atoms with Crippen LogP contribution in [0, 0.1) is 5.41 Å². The number of Topliss-reactive ketones (excluding diaryl/α,β-unsaturated/α-hetero) is 1. The first kappa shape index (κ1) is 10.5. The van der Waals surface area contributed by atoms with Gasteiger partial charge >= 0.3 is 0 Å². The van der Waals surface area contributed by atoms with Crippen LogP contribution in [0.3, 0.4) is 0 Å². The highest BCUT2D eigenvalue weighted by molar-refractivity contribution is 8.08. The molecule has 0 aromatic carbocycles. The standard InChI is InChI=1S/C11H12N2OS2/c1-11(2)5-6-9(16-13-12-6)10-8(11)7(14)3-4-15-10/h3-5H2,1-2H3. The number of hydrogen-bond acceptors (Lipinski definition) is 5. The minimum Gasteiger partial charge on any atom is -0.294 e. The quantitative estimate of drug-likeness (QED) is 0.711. The van der Waals surface area contributed by atoms with Gasteiger partial charge in [-0.15, -0.1) is 16.9 Å². The summed E-state index contributed by atoms with van der Waals surface area (Å²) in [5, 5.41) is 4.18. The van der Waals surface area contributed by atoms with E-state index >= 15 is 0 Å². The third-order valence-corrected chi connectivity index (χ3v) is 5.15. The van der Waals surface area contributed by atoms with Gasteiger partial charge in [0.15, 0.2) is 5.78 Å². The van der Waals surface area contributed by atoms with Crippen LogP contribution in [-0.4, -0.2) is 21.1 Å². The van der Waals surface area contributed by atoms with E-state index in [0.29, 0.717) is 12.2 Å². The van der Waals surface area contributed by atoms with Crippen LogP contribution in [0.15, 0.2) is 5.57 Å². The number of aromatic nitrogens is 2. The monoisotopic (exact) mass is 252 g/mol. The van der Waals surface area contributed by atoms with Gasteiger partial charge in [-0.1, -0.05) is 18.3 Å². The van der Waals surface area contributed by atoms with Crippen molar-refractivity contribution in [2.24, 2.45) is 5.41 Å². The number of ketones is 1. The summed E-state index contributed by atoms with van der Waals surface area (Å²) in [6.07, 6.45) is 1.51. The second-order valence-corrected chi connectivity index (χ2v) is 6.69. The third kappa shape index (κ3) is 1.38. The molecule has 1 aliphatic carbocycles. The van der Waals surface area contributed by atoms with Gasteiger partial charge < -0.3 is 0 Å². The van der Waals surface area contributed by atoms with Crippen molar-refractivity contribution in [1.82, 2.24) is 9.59 Å². The SMILES string of the molecule is CC1(C)Cc2nnsc2C2=C1C(=O)CCS2. The second kappa shape index (κ2) is 3.40. The van der Waals surface area contributed by atoms with E-state index in [-0.39, 0.29) is 5.41 Å². The van der Waals surface area contributed by atoms with Gasteiger partial charge in [0.25, 0.3) is 0 Å². The van der Waals surface area contributed by atoms with Gasteiger partial charge in [0.05, 0.1) is 10.6 Å². The van der Waals surface area contributed by atoms with Crippen molar-refractivity contribution in [3.05, 3.63) is 16.1 Å². The summed E-state index contributed by atoms with van der Waals surface area (Å²) in [6, 6.07) is 0. The van der Waals surface area contributed by atoms with E-state index in [1.165, 1.54) is 11.5 Å². The van der Waals surface area contributed by atoms with Crippen molar-refractivity contribution < 1.29 is 4.79 Å².